The number of benzene rings is 2. The maximum Gasteiger partial charge on any atom is 0.335 e. The van der Waals surface area contributed by atoms with E-state index in [4.69, 9.17) is 0 Å². The molecule has 0 radical (unpaired) electrons. The molecule has 1 unspecified atom stereocenters. The maximum atomic E-state index is 11.8. The van der Waals surface area contributed by atoms with Crippen LogP contribution in [-0.2, 0) is 5.60 Å². The highest BCUT2D eigenvalue weighted by atomic mass is 16.4. The van der Waals surface area contributed by atoms with E-state index in [2.05, 4.69) is 5.10 Å². The summed E-state index contributed by atoms with van der Waals surface area (Å²) in [5, 5.41) is 25.5. The third-order valence-electron chi connectivity index (χ3n) is 5.28. The molecule has 5 nitrogen and oxygen atoms in total. The molecule has 0 saturated heterocycles. The molecule has 2 bridgehead atoms. The second-order valence-corrected chi connectivity index (χ2v) is 6.80. The Morgan fingerprint density at radius 2 is 1.82 bits per heavy atom. The van der Waals surface area contributed by atoms with Crippen LogP contribution in [0.15, 0.2) is 96.4 Å². The molecule has 2 N–H and O–H groups in total. The Hall–Kier alpha value is -3.70. The van der Waals surface area contributed by atoms with Crippen molar-refractivity contribution in [3.8, 4) is 0 Å². The number of carbonyl (C=O) groups is 1. The molecule has 5 rings (SSSR count). The van der Waals surface area contributed by atoms with Crippen molar-refractivity contribution in [1.29, 1.82) is 0 Å². The monoisotopic (exact) mass is 368 g/mol. The van der Waals surface area contributed by atoms with Crippen molar-refractivity contribution in [3.63, 3.8) is 0 Å². The van der Waals surface area contributed by atoms with E-state index in [9.17, 15) is 15.0 Å². The summed E-state index contributed by atoms with van der Waals surface area (Å²) in [5.41, 5.74) is 3.42. The van der Waals surface area contributed by atoms with E-state index in [0.717, 1.165) is 22.4 Å². The number of hydrogen-bond acceptors (Lipinski definition) is 3. The van der Waals surface area contributed by atoms with Crippen LogP contribution in [0.2, 0.25) is 0 Å². The first-order valence-corrected chi connectivity index (χ1v) is 8.90. The average Bonchev–Trinajstić information content (AvgIpc) is 3.27. The normalized spacial score (nSPS) is 20.3. The molecule has 0 saturated carbocycles. The number of aromatic nitrogens is 2. The number of fused-ring (bicyclic) bond motifs is 2. The fourth-order valence-corrected chi connectivity index (χ4v) is 4.00. The lowest BCUT2D eigenvalue weighted by molar-refractivity contribution is 0.0696. The van der Waals surface area contributed by atoms with Gasteiger partial charge in [-0.25, -0.2) is 9.48 Å². The summed E-state index contributed by atoms with van der Waals surface area (Å²) < 4.78 is 1.74. The molecular weight excluding hydrogens is 352 g/mol. The molecule has 2 aliphatic carbocycles. The van der Waals surface area contributed by atoms with E-state index in [0.29, 0.717) is 11.1 Å². The highest BCUT2D eigenvalue weighted by Gasteiger charge is 2.53. The number of nitrogens with zero attached hydrogens (tertiary/aromatic N) is 2. The van der Waals surface area contributed by atoms with Crippen LogP contribution in [0.1, 0.15) is 21.5 Å². The van der Waals surface area contributed by atoms with Crippen molar-refractivity contribution in [2.75, 3.05) is 0 Å². The van der Waals surface area contributed by atoms with Gasteiger partial charge in [-0.15, -0.1) is 0 Å². The minimum absolute atomic E-state index is 0.142. The van der Waals surface area contributed by atoms with Crippen molar-refractivity contribution in [2.24, 2.45) is 0 Å². The zero-order chi connectivity index (χ0) is 19.3. The number of hydrogen-bond donors (Lipinski definition) is 2. The van der Waals surface area contributed by atoms with E-state index in [-0.39, 0.29) is 5.56 Å². The van der Waals surface area contributed by atoms with Gasteiger partial charge in [0.1, 0.15) is 5.60 Å². The van der Waals surface area contributed by atoms with Crippen LogP contribution in [0.25, 0.3) is 11.3 Å². The van der Waals surface area contributed by atoms with Gasteiger partial charge < -0.3 is 10.2 Å². The fraction of sp³-hybridized carbons (Fsp3) is 0.0435. The lowest BCUT2D eigenvalue weighted by Crippen LogP contribution is -2.44. The Labute approximate surface area is 161 Å². The second kappa shape index (κ2) is 5.90. The first-order chi connectivity index (χ1) is 13.6. The quantitative estimate of drug-likeness (QED) is 0.736. The molecule has 5 heteroatoms. The number of allylic oxidation sites excluding steroid dienone is 2. The smallest absolute Gasteiger partial charge is 0.335 e. The van der Waals surface area contributed by atoms with Crippen molar-refractivity contribution in [1.82, 2.24) is 9.78 Å². The fourth-order valence-electron chi connectivity index (χ4n) is 4.00. The summed E-state index contributed by atoms with van der Waals surface area (Å²) in [6.07, 6.45) is 7.41. The number of rotatable bonds is 4. The number of aliphatic hydroxyl groups is 1. The van der Waals surface area contributed by atoms with E-state index >= 15 is 0 Å². The predicted octanol–water partition coefficient (Wildman–Crippen LogP) is 3.72. The molecule has 0 amide bonds. The molecule has 3 aromatic rings. The van der Waals surface area contributed by atoms with Crippen molar-refractivity contribution >= 4 is 17.2 Å². The first-order valence-electron chi connectivity index (χ1n) is 8.90. The summed E-state index contributed by atoms with van der Waals surface area (Å²) >= 11 is 0. The van der Waals surface area contributed by atoms with E-state index < -0.39 is 11.6 Å². The van der Waals surface area contributed by atoms with Gasteiger partial charge in [-0.05, 0) is 34.9 Å². The third-order valence-corrected chi connectivity index (χ3v) is 5.28. The van der Waals surface area contributed by atoms with Gasteiger partial charge in [0.25, 0.3) is 0 Å². The summed E-state index contributed by atoms with van der Waals surface area (Å²) in [7, 11) is 0. The molecule has 2 aliphatic rings. The molecule has 1 aromatic heterocycles. The van der Waals surface area contributed by atoms with Gasteiger partial charge in [-0.2, -0.15) is 5.10 Å². The van der Waals surface area contributed by atoms with Crippen LogP contribution in [0, 0.1) is 0 Å². The average molecular weight is 368 g/mol. The van der Waals surface area contributed by atoms with Crippen molar-refractivity contribution in [3.05, 3.63) is 113 Å². The van der Waals surface area contributed by atoms with Crippen LogP contribution in [0.4, 0.5) is 0 Å². The Morgan fingerprint density at radius 3 is 2.54 bits per heavy atom. The van der Waals surface area contributed by atoms with E-state index in [1.54, 1.807) is 23.0 Å². The summed E-state index contributed by atoms with van der Waals surface area (Å²) in [4.78, 5) is 11.4. The molecule has 0 aliphatic heterocycles. The summed E-state index contributed by atoms with van der Waals surface area (Å²) in [6.45, 7) is 0. The molecular formula is C23H16N2O3. The minimum Gasteiger partial charge on any atom is -0.478 e. The molecule has 0 spiro atoms. The van der Waals surface area contributed by atoms with Gasteiger partial charge in [-0.1, -0.05) is 54.6 Å². The Bertz CT molecular complexity index is 1190. The Balaban J connectivity index is 1.73. The lowest BCUT2D eigenvalue weighted by Gasteiger charge is -2.47. The SMILES string of the molecule is O=C(O)c1cccc(C2(O)c3ccc(-c4ccccc4)c2c3-n2cccn2)c1. The van der Waals surface area contributed by atoms with Gasteiger partial charge in [0, 0.05) is 23.5 Å². The molecule has 2 aromatic carbocycles. The van der Waals surface area contributed by atoms with Crippen LogP contribution in [0.3, 0.4) is 0 Å². The molecule has 0 fully saturated rings. The predicted molar refractivity (Wildman–Crippen MR) is 105 cm³/mol. The number of aromatic carboxylic acids is 1. The summed E-state index contributed by atoms with van der Waals surface area (Å²) in [5.74, 6) is -1.02. The topological polar surface area (TPSA) is 75.3 Å². The first kappa shape index (κ1) is 16.5. The minimum atomic E-state index is -1.38. The van der Waals surface area contributed by atoms with Gasteiger partial charge in [0.15, 0.2) is 0 Å². The molecule has 136 valence electrons. The van der Waals surface area contributed by atoms with Gasteiger partial charge >= 0.3 is 5.97 Å². The molecule has 1 heterocycles. The van der Waals surface area contributed by atoms with E-state index in [1.165, 1.54) is 12.1 Å². The zero-order valence-electron chi connectivity index (χ0n) is 14.8. The van der Waals surface area contributed by atoms with Crippen LogP contribution in [0.5, 0.6) is 0 Å². The number of carboxylic acids is 1. The van der Waals surface area contributed by atoms with Gasteiger partial charge in [0.05, 0.1) is 11.3 Å². The maximum absolute atomic E-state index is 11.8. The standard InChI is InChI=1S/C23H16N2O3/c26-22(27)16-8-4-9-17(14-16)23(28)19-11-10-18(15-6-2-1-3-7-15)20(23)21(19)25-13-5-12-24-25/h1-14,28H,(H,26,27). The number of carboxylic acid groups (broad SMARTS) is 1. The molecule has 1 atom stereocenters. The van der Waals surface area contributed by atoms with Crippen LogP contribution >= 0.6 is 0 Å². The van der Waals surface area contributed by atoms with Crippen LogP contribution < -0.4 is 0 Å². The third kappa shape index (κ3) is 2.17. The highest BCUT2D eigenvalue weighted by molar-refractivity contribution is 6.04. The van der Waals surface area contributed by atoms with Crippen LogP contribution in [-0.4, -0.2) is 26.0 Å². The van der Waals surface area contributed by atoms with Crippen molar-refractivity contribution < 1.29 is 15.0 Å². The highest BCUT2D eigenvalue weighted by Crippen LogP contribution is 2.59. The Morgan fingerprint density at radius 1 is 1.00 bits per heavy atom. The lowest BCUT2D eigenvalue weighted by atomic mass is 9.61. The Kier molecular flexibility index (Phi) is 3.47. The molecule has 28 heavy (non-hydrogen) atoms. The van der Waals surface area contributed by atoms with Gasteiger partial charge in [0.2, 0.25) is 0 Å². The van der Waals surface area contributed by atoms with E-state index in [1.807, 2.05) is 54.7 Å². The van der Waals surface area contributed by atoms with Gasteiger partial charge in [-0.3, -0.25) is 0 Å². The zero-order valence-corrected chi connectivity index (χ0v) is 14.8. The largest absolute Gasteiger partial charge is 0.478 e. The van der Waals surface area contributed by atoms with Crippen molar-refractivity contribution in [2.45, 2.75) is 5.60 Å². The summed E-state index contributed by atoms with van der Waals surface area (Å²) in [6, 6.07) is 18.1. The second-order valence-electron chi connectivity index (χ2n) is 6.80.